The second-order valence-electron chi connectivity index (χ2n) is 10.0. The monoisotopic (exact) mass is 610 g/mol. The van der Waals surface area contributed by atoms with Crippen LogP contribution in [0.15, 0.2) is 76.0 Å². The molecule has 0 spiro atoms. The zero-order valence-electron chi connectivity index (χ0n) is 23.3. The van der Waals surface area contributed by atoms with E-state index in [1.165, 1.54) is 6.07 Å². The van der Waals surface area contributed by atoms with Crippen LogP contribution < -0.4 is 9.46 Å². The van der Waals surface area contributed by atoms with Gasteiger partial charge in [-0.15, -0.1) is 0 Å². The number of methoxy groups -OCH3 is 1. The molecule has 0 saturated carbocycles. The number of hydrogen-bond acceptors (Lipinski definition) is 7. The Hall–Kier alpha value is -3.86. The molecule has 1 unspecified atom stereocenters. The van der Waals surface area contributed by atoms with Crippen LogP contribution in [0.25, 0.3) is 11.0 Å². The summed E-state index contributed by atoms with van der Waals surface area (Å²) >= 11 is 6.36. The fraction of sp³-hybridized carbons (Fsp3) is 0.290. The van der Waals surface area contributed by atoms with E-state index in [2.05, 4.69) is 4.72 Å². The van der Waals surface area contributed by atoms with Crippen molar-refractivity contribution < 1.29 is 31.9 Å². The van der Waals surface area contributed by atoms with Crippen molar-refractivity contribution in [3.05, 3.63) is 94.2 Å². The molecular formula is C31H31ClN2O7S. The summed E-state index contributed by atoms with van der Waals surface area (Å²) in [6.45, 7) is 2.48. The number of benzene rings is 3. The van der Waals surface area contributed by atoms with E-state index in [1.807, 2.05) is 18.2 Å². The molecule has 4 aromatic rings. The third-order valence-electron chi connectivity index (χ3n) is 7.21. The summed E-state index contributed by atoms with van der Waals surface area (Å²) in [5.74, 6) is -0.119. The molecule has 11 heteroatoms. The SMILES string of the molecule is CCC(=O)NS(=O)(=O)c1ccc2c(c1)CC(N(Cc1cc(Cl)ccc1OCCOC)C(=O)c1cc3ccccc3o1)C2. The molecule has 1 heterocycles. The topological polar surface area (TPSA) is 115 Å². The van der Waals surface area contributed by atoms with Crippen LogP contribution in [0.1, 0.15) is 40.6 Å². The molecule has 9 nitrogen and oxygen atoms in total. The van der Waals surface area contributed by atoms with Gasteiger partial charge in [0.05, 0.1) is 18.0 Å². The molecule has 1 aromatic heterocycles. The van der Waals surface area contributed by atoms with Crippen LogP contribution in [0.3, 0.4) is 0 Å². The smallest absolute Gasteiger partial charge is 0.290 e. The predicted octanol–water partition coefficient (Wildman–Crippen LogP) is 5.14. The number of amides is 2. The number of carbonyl (C=O) groups is 2. The number of rotatable bonds is 11. The van der Waals surface area contributed by atoms with Gasteiger partial charge in [-0.05, 0) is 66.4 Å². The Morgan fingerprint density at radius 1 is 1.02 bits per heavy atom. The van der Waals surface area contributed by atoms with E-state index in [-0.39, 0.29) is 35.6 Å². The van der Waals surface area contributed by atoms with Crippen LogP contribution in [0, 0.1) is 0 Å². The van der Waals surface area contributed by atoms with Gasteiger partial charge in [0.15, 0.2) is 5.76 Å². The molecule has 3 aromatic carbocycles. The Bertz CT molecular complexity index is 1700. The average Bonchev–Trinajstić information content (AvgIpc) is 3.60. The minimum Gasteiger partial charge on any atom is -0.491 e. The molecule has 1 N–H and O–H groups in total. The number of hydrogen-bond donors (Lipinski definition) is 1. The van der Waals surface area contributed by atoms with E-state index in [0.717, 1.165) is 16.5 Å². The first-order chi connectivity index (χ1) is 20.2. The highest BCUT2D eigenvalue weighted by Crippen LogP contribution is 2.33. The summed E-state index contributed by atoms with van der Waals surface area (Å²) in [6.07, 6.45) is 0.960. The zero-order chi connectivity index (χ0) is 29.9. The minimum atomic E-state index is -4.01. The van der Waals surface area contributed by atoms with E-state index < -0.39 is 15.9 Å². The van der Waals surface area contributed by atoms with E-state index in [0.29, 0.717) is 48.0 Å². The lowest BCUT2D eigenvalue weighted by molar-refractivity contribution is -0.119. The Kier molecular flexibility index (Phi) is 8.86. The maximum Gasteiger partial charge on any atom is 0.290 e. The largest absolute Gasteiger partial charge is 0.491 e. The third kappa shape index (κ3) is 6.46. The Morgan fingerprint density at radius 3 is 2.57 bits per heavy atom. The van der Waals surface area contributed by atoms with Crippen LogP contribution >= 0.6 is 11.6 Å². The summed E-state index contributed by atoms with van der Waals surface area (Å²) in [5, 5.41) is 1.31. The summed E-state index contributed by atoms with van der Waals surface area (Å²) in [5.41, 5.74) is 3.03. The number of para-hydroxylation sites is 1. The highest BCUT2D eigenvalue weighted by atomic mass is 35.5. The van der Waals surface area contributed by atoms with Gasteiger partial charge in [0, 0.05) is 35.5 Å². The first kappa shape index (κ1) is 29.6. The Labute approximate surface area is 249 Å². The molecule has 220 valence electrons. The minimum absolute atomic E-state index is 0.00234. The van der Waals surface area contributed by atoms with Gasteiger partial charge in [0.25, 0.3) is 15.9 Å². The first-order valence-corrected chi connectivity index (χ1v) is 15.4. The van der Waals surface area contributed by atoms with Crippen molar-refractivity contribution in [3.63, 3.8) is 0 Å². The van der Waals surface area contributed by atoms with Gasteiger partial charge in [0.2, 0.25) is 5.91 Å². The third-order valence-corrected chi connectivity index (χ3v) is 8.82. The predicted molar refractivity (Wildman–Crippen MR) is 158 cm³/mol. The number of fused-ring (bicyclic) bond motifs is 2. The van der Waals surface area contributed by atoms with Crippen molar-refractivity contribution in [1.29, 1.82) is 0 Å². The maximum atomic E-state index is 14.1. The van der Waals surface area contributed by atoms with Crippen molar-refractivity contribution >= 4 is 44.4 Å². The molecule has 0 fully saturated rings. The fourth-order valence-electron chi connectivity index (χ4n) is 5.07. The van der Waals surface area contributed by atoms with Gasteiger partial charge in [-0.2, -0.15) is 0 Å². The molecular weight excluding hydrogens is 580 g/mol. The van der Waals surface area contributed by atoms with Crippen LogP contribution in [0.4, 0.5) is 0 Å². The standard InChI is InChI=1S/C31H31ClN2O7S/c1-3-30(35)33-42(37,38)26-10-8-20-15-25(16-22(20)17-26)34(31(36)29-18-21-6-4-5-7-28(21)41-29)19-23-14-24(32)9-11-27(23)40-13-12-39-2/h4-11,14,17-18,25H,3,12-13,15-16,19H2,1-2H3,(H,33,35). The zero-order valence-corrected chi connectivity index (χ0v) is 24.8. The average molecular weight is 611 g/mol. The van der Waals surface area contributed by atoms with Crippen molar-refractivity contribution in [2.75, 3.05) is 20.3 Å². The lowest BCUT2D eigenvalue weighted by Gasteiger charge is -2.29. The lowest BCUT2D eigenvalue weighted by atomic mass is 10.1. The van der Waals surface area contributed by atoms with E-state index in [4.69, 9.17) is 25.5 Å². The van der Waals surface area contributed by atoms with Gasteiger partial charge in [0.1, 0.15) is 17.9 Å². The molecule has 2 amide bonds. The number of nitrogens with one attached hydrogen (secondary N) is 1. The molecule has 1 aliphatic rings. The van der Waals surface area contributed by atoms with Crippen molar-refractivity contribution in [3.8, 4) is 5.75 Å². The normalized spacial score (nSPS) is 14.5. The van der Waals surface area contributed by atoms with Gasteiger partial charge >= 0.3 is 0 Å². The number of sulfonamides is 1. The highest BCUT2D eigenvalue weighted by molar-refractivity contribution is 7.90. The van der Waals surface area contributed by atoms with E-state index in [1.54, 1.807) is 61.4 Å². The molecule has 0 radical (unpaired) electrons. The van der Waals surface area contributed by atoms with Gasteiger partial charge in [-0.3, -0.25) is 9.59 Å². The maximum absolute atomic E-state index is 14.1. The summed E-state index contributed by atoms with van der Waals surface area (Å²) in [6, 6.07) is 18.9. The molecule has 42 heavy (non-hydrogen) atoms. The number of ether oxygens (including phenoxy) is 2. The van der Waals surface area contributed by atoms with Gasteiger partial charge in [-0.1, -0.05) is 42.8 Å². The van der Waals surface area contributed by atoms with Crippen molar-refractivity contribution in [1.82, 2.24) is 9.62 Å². The van der Waals surface area contributed by atoms with Crippen LogP contribution in [0.2, 0.25) is 5.02 Å². The van der Waals surface area contributed by atoms with Crippen LogP contribution in [-0.4, -0.2) is 51.5 Å². The molecule has 5 rings (SSSR count). The van der Waals surface area contributed by atoms with Gasteiger partial charge < -0.3 is 18.8 Å². The van der Waals surface area contributed by atoms with E-state index >= 15 is 0 Å². The quantitative estimate of drug-likeness (QED) is 0.234. The Morgan fingerprint density at radius 2 is 1.81 bits per heavy atom. The molecule has 0 bridgehead atoms. The number of nitrogens with zero attached hydrogens (tertiary/aromatic N) is 1. The Balaban J connectivity index is 1.48. The lowest BCUT2D eigenvalue weighted by Crippen LogP contribution is -2.40. The second-order valence-corrected chi connectivity index (χ2v) is 12.2. The fourth-order valence-corrected chi connectivity index (χ4v) is 6.37. The van der Waals surface area contributed by atoms with E-state index in [9.17, 15) is 18.0 Å². The van der Waals surface area contributed by atoms with Crippen LogP contribution in [-0.2, 0) is 38.9 Å². The molecule has 1 aliphatic carbocycles. The summed E-state index contributed by atoms with van der Waals surface area (Å²) in [4.78, 5) is 27.6. The molecule has 1 atom stereocenters. The number of halogens is 1. The molecule has 0 saturated heterocycles. The second kappa shape index (κ2) is 12.6. The number of furan rings is 1. The van der Waals surface area contributed by atoms with Gasteiger partial charge in [-0.25, -0.2) is 13.1 Å². The first-order valence-electron chi connectivity index (χ1n) is 13.6. The summed E-state index contributed by atoms with van der Waals surface area (Å²) in [7, 11) is -2.42. The number of carbonyl (C=O) groups excluding carboxylic acids is 2. The highest BCUT2D eigenvalue weighted by Gasteiger charge is 2.34. The van der Waals surface area contributed by atoms with Crippen LogP contribution in [0.5, 0.6) is 5.75 Å². The van der Waals surface area contributed by atoms with Crippen molar-refractivity contribution in [2.45, 2.75) is 43.7 Å². The van der Waals surface area contributed by atoms with Crippen molar-refractivity contribution in [2.24, 2.45) is 0 Å². The summed E-state index contributed by atoms with van der Waals surface area (Å²) < 4.78 is 44.6. The molecule has 0 aliphatic heterocycles.